The van der Waals surface area contributed by atoms with Crippen LogP contribution in [0, 0.1) is 5.92 Å². The van der Waals surface area contributed by atoms with Crippen LogP contribution >= 0.6 is 0 Å². The molecule has 1 fully saturated rings. The molecular formula is C15H21N3O3. The number of aryl methyl sites for hydroxylation is 1. The van der Waals surface area contributed by atoms with Crippen molar-refractivity contribution in [3.8, 4) is 0 Å². The minimum Gasteiger partial charge on any atom is -0.481 e. The lowest BCUT2D eigenvalue weighted by Gasteiger charge is -2.33. The third kappa shape index (κ3) is 2.54. The largest absolute Gasteiger partial charge is 0.481 e. The molecule has 1 aromatic rings. The van der Waals surface area contributed by atoms with E-state index in [1.54, 1.807) is 11.6 Å². The summed E-state index contributed by atoms with van der Waals surface area (Å²) in [6, 6.07) is 0. The highest BCUT2D eigenvalue weighted by atomic mass is 16.4. The highest BCUT2D eigenvalue weighted by Crippen LogP contribution is 2.24. The predicted octanol–water partition coefficient (Wildman–Crippen LogP) is 0.960. The van der Waals surface area contributed by atoms with Crippen LogP contribution in [-0.4, -0.2) is 33.7 Å². The van der Waals surface area contributed by atoms with Gasteiger partial charge in [-0.25, -0.2) is 4.98 Å². The Morgan fingerprint density at radius 2 is 2.05 bits per heavy atom. The molecule has 1 saturated heterocycles. The van der Waals surface area contributed by atoms with Gasteiger partial charge < -0.3 is 10.0 Å². The molecule has 0 unspecified atom stereocenters. The molecule has 1 atom stereocenters. The fourth-order valence-corrected chi connectivity index (χ4v) is 3.38. The quantitative estimate of drug-likeness (QED) is 0.878. The lowest BCUT2D eigenvalue weighted by Crippen LogP contribution is -2.42. The zero-order valence-electron chi connectivity index (χ0n) is 12.3. The number of carbonyl (C=O) groups is 1. The number of rotatable bonds is 2. The lowest BCUT2D eigenvalue weighted by molar-refractivity contribution is -0.141. The summed E-state index contributed by atoms with van der Waals surface area (Å²) >= 11 is 0. The highest BCUT2D eigenvalue weighted by molar-refractivity contribution is 5.71. The van der Waals surface area contributed by atoms with Gasteiger partial charge >= 0.3 is 5.97 Å². The van der Waals surface area contributed by atoms with Crippen molar-refractivity contribution in [2.24, 2.45) is 13.0 Å². The molecule has 1 N–H and O–H groups in total. The maximum absolute atomic E-state index is 12.5. The van der Waals surface area contributed by atoms with Crippen LogP contribution in [0.3, 0.4) is 0 Å². The monoisotopic (exact) mass is 291 g/mol. The van der Waals surface area contributed by atoms with E-state index in [1.807, 2.05) is 4.90 Å². The molecule has 2 aliphatic rings. The topological polar surface area (TPSA) is 75.4 Å². The molecule has 1 aliphatic carbocycles. The molecule has 0 saturated carbocycles. The molecule has 6 nitrogen and oxygen atoms in total. The van der Waals surface area contributed by atoms with Crippen molar-refractivity contribution in [2.45, 2.75) is 38.5 Å². The van der Waals surface area contributed by atoms with Gasteiger partial charge in [0.1, 0.15) is 0 Å². The first-order valence-electron chi connectivity index (χ1n) is 7.64. The lowest BCUT2D eigenvalue weighted by atomic mass is 9.97. The second kappa shape index (κ2) is 5.50. The standard InChI is InChI=1S/C15H21N3O3/c1-17-13(19)11-6-2-3-7-12(11)16-15(17)18-8-4-5-10(9-18)14(20)21/h10H,2-9H2,1H3,(H,20,21)/t10-/m0/s1. The summed E-state index contributed by atoms with van der Waals surface area (Å²) < 4.78 is 1.59. The van der Waals surface area contributed by atoms with E-state index in [-0.39, 0.29) is 11.5 Å². The van der Waals surface area contributed by atoms with Crippen molar-refractivity contribution in [2.75, 3.05) is 18.0 Å². The maximum atomic E-state index is 12.5. The van der Waals surface area contributed by atoms with Crippen molar-refractivity contribution in [1.82, 2.24) is 9.55 Å². The predicted molar refractivity (Wildman–Crippen MR) is 78.7 cm³/mol. The van der Waals surface area contributed by atoms with Crippen molar-refractivity contribution in [1.29, 1.82) is 0 Å². The fourth-order valence-electron chi connectivity index (χ4n) is 3.38. The normalized spacial score (nSPS) is 22.0. The SMILES string of the molecule is Cn1c(N2CCC[C@H](C(=O)O)C2)nc2c(c1=O)CCCC2. The molecule has 0 radical (unpaired) electrons. The van der Waals surface area contributed by atoms with Crippen molar-refractivity contribution in [3.63, 3.8) is 0 Å². The summed E-state index contributed by atoms with van der Waals surface area (Å²) in [5, 5.41) is 9.20. The van der Waals surface area contributed by atoms with Gasteiger partial charge in [0.2, 0.25) is 5.95 Å². The molecule has 1 aliphatic heterocycles. The molecular weight excluding hydrogens is 270 g/mol. The molecule has 1 aromatic heterocycles. The van der Waals surface area contributed by atoms with Crippen LogP contribution in [0.15, 0.2) is 4.79 Å². The van der Waals surface area contributed by atoms with Gasteiger partial charge in [-0.05, 0) is 38.5 Å². The van der Waals surface area contributed by atoms with Gasteiger partial charge in [0.05, 0.1) is 11.6 Å². The molecule has 0 aromatic carbocycles. The van der Waals surface area contributed by atoms with Crippen LogP contribution in [0.1, 0.15) is 36.9 Å². The minimum atomic E-state index is -0.761. The van der Waals surface area contributed by atoms with E-state index >= 15 is 0 Å². The first-order valence-corrected chi connectivity index (χ1v) is 7.64. The van der Waals surface area contributed by atoms with Crippen LogP contribution < -0.4 is 10.5 Å². The Balaban J connectivity index is 1.97. The minimum absolute atomic E-state index is 0.0344. The second-order valence-corrected chi connectivity index (χ2v) is 6.03. The molecule has 114 valence electrons. The van der Waals surface area contributed by atoms with Crippen LogP contribution in [0.4, 0.5) is 5.95 Å². The van der Waals surface area contributed by atoms with Gasteiger partial charge in [-0.3, -0.25) is 14.2 Å². The van der Waals surface area contributed by atoms with Gasteiger partial charge in [-0.1, -0.05) is 0 Å². The third-order valence-corrected chi connectivity index (χ3v) is 4.59. The van der Waals surface area contributed by atoms with E-state index in [9.17, 15) is 14.7 Å². The van der Waals surface area contributed by atoms with Crippen LogP contribution in [0.25, 0.3) is 0 Å². The fraction of sp³-hybridized carbons (Fsp3) is 0.667. The second-order valence-electron chi connectivity index (χ2n) is 6.03. The number of aromatic nitrogens is 2. The number of carboxylic acid groups (broad SMARTS) is 1. The number of fused-ring (bicyclic) bond motifs is 1. The number of carboxylic acids is 1. The Labute approximate surface area is 123 Å². The number of hydrogen-bond acceptors (Lipinski definition) is 4. The summed E-state index contributed by atoms with van der Waals surface area (Å²) in [5.41, 5.74) is 1.79. The average molecular weight is 291 g/mol. The Kier molecular flexibility index (Phi) is 3.69. The summed E-state index contributed by atoms with van der Waals surface area (Å²) in [5.74, 6) is -0.499. The van der Waals surface area contributed by atoms with Crippen molar-refractivity contribution in [3.05, 3.63) is 21.6 Å². The number of hydrogen-bond donors (Lipinski definition) is 1. The smallest absolute Gasteiger partial charge is 0.308 e. The molecule has 6 heteroatoms. The van der Waals surface area contributed by atoms with Crippen LogP contribution in [0.5, 0.6) is 0 Å². The molecule has 0 amide bonds. The molecule has 3 rings (SSSR count). The van der Waals surface area contributed by atoms with Gasteiger partial charge in [-0.15, -0.1) is 0 Å². The molecule has 21 heavy (non-hydrogen) atoms. The Hall–Kier alpha value is -1.85. The number of anilines is 1. The zero-order chi connectivity index (χ0) is 15.0. The highest BCUT2D eigenvalue weighted by Gasteiger charge is 2.28. The van der Waals surface area contributed by atoms with E-state index in [0.717, 1.165) is 49.9 Å². The van der Waals surface area contributed by atoms with E-state index in [2.05, 4.69) is 4.98 Å². The van der Waals surface area contributed by atoms with Crippen LogP contribution in [0.2, 0.25) is 0 Å². The zero-order valence-corrected chi connectivity index (χ0v) is 12.3. The summed E-state index contributed by atoms with van der Waals surface area (Å²) in [4.78, 5) is 30.3. The first kappa shape index (κ1) is 14.1. The Morgan fingerprint density at radius 3 is 2.81 bits per heavy atom. The van der Waals surface area contributed by atoms with E-state index in [0.29, 0.717) is 18.9 Å². The van der Waals surface area contributed by atoms with Crippen LogP contribution in [-0.2, 0) is 24.7 Å². The van der Waals surface area contributed by atoms with Gasteiger partial charge in [0, 0.05) is 25.7 Å². The van der Waals surface area contributed by atoms with E-state index in [1.165, 1.54) is 0 Å². The number of piperidine rings is 1. The third-order valence-electron chi connectivity index (χ3n) is 4.59. The van der Waals surface area contributed by atoms with Gasteiger partial charge in [0.15, 0.2) is 0 Å². The molecule has 0 bridgehead atoms. The number of nitrogens with zero attached hydrogens (tertiary/aromatic N) is 3. The summed E-state index contributed by atoms with van der Waals surface area (Å²) in [7, 11) is 1.74. The van der Waals surface area contributed by atoms with Crippen molar-refractivity contribution < 1.29 is 9.90 Å². The van der Waals surface area contributed by atoms with E-state index in [4.69, 9.17) is 0 Å². The van der Waals surface area contributed by atoms with Crippen molar-refractivity contribution >= 4 is 11.9 Å². The summed E-state index contributed by atoms with van der Waals surface area (Å²) in [6.07, 6.45) is 5.31. The Bertz CT molecular complexity index is 623. The van der Waals surface area contributed by atoms with E-state index < -0.39 is 5.97 Å². The maximum Gasteiger partial charge on any atom is 0.308 e. The van der Waals surface area contributed by atoms with Gasteiger partial charge in [0.25, 0.3) is 5.56 Å². The first-order chi connectivity index (χ1) is 10.1. The molecule has 0 spiro atoms. The van der Waals surface area contributed by atoms with Gasteiger partial charge in [-0.2, -0.15) is 0 Å². The summed E-state index contributed by atoms with van der Waals surface area (Å²) in [6.45, 7) is 1.21. The Morgan fingerprint density at radius 1 is 1.29 bits per heavy atom. The molecule has 2 heterocycles. The number of aliphatic carboxylic acids is 1. The average Bonchev–Trinajstić information content (AvgIpc) is 2.51.